The maximum Gasteiger partial charge on any atom is 0.148 e. The second-order valence-corrected chi connectivity index (χ2v) is 5.03. The van der Waals surface area contributed by atoms with Crippen LogP contribution < -0.4 is 0 Å². The van der Waals surface area contributed by atoms with Crippen LogP contribution in [0.2, 0.25) is 5.02 Å². The number of rotatable bonds is 2. The van der Waals surface area contributed by atoms with Gasteiger partial charge in [-0.1, -0.05) is 27.5 Å². The molecule has 1 aromatic rings. The van der Waals surface area contributed by atoms with E-state index in [0.717, 1.165) is 28.1 Å². The van der Waals surface area contributed by atoms with E-state index in [2.05, 4.69) is 20.8 Å². The summed E-state index contributed by atoms with van der Waals surface area (Å²) in [7, 11) is 0. The maximum absolute atomic E-state index is 11.1. The lowest BCUT2D eigenvalue weighted by atomic mass is 10.2. The molecule has 80 valence electrons. The number of likely N-dealkylation sites (tertiary alicyclic amines) is 1. The Morgan fingerprint density at radius 3 is 2.93 bits per heavy atom. The normalized spacial score (nSPS) is 17.3. The summed E-state index contributed by atoms with van der Waals surface area (Å²) in [6, 6.07) is 5.73. The highest BCUT2D eigenvalue weighted by atomic mass is 79.9. The monoisotopic (exact) mass is 287 g/mol. The molecule has 0 aromatic heterocycles. The van der Waals surface area contributed by atoms with Crippen molar-refractivity contribution in [3.05, 3.63) is 33.3 Å². The number of hydrogen-bond acceptors (Lipinski definition) is 2. The van der Waals surface area contributed by atoms with Gasteiger partial charge in [0.2, 0.25) is 0 Å². The molecule has 0 amide bonds. The zero-order valence-electron chi connectivity index (χ0n) is 8.17. The van der Waals surface area contributed by atoms with Crippen LogP contribution >= 0.6 is 27.5 Å². The summed E-state index contributed by atoms with van der Waals surface area (Å²) in [5.74, 6) is 0.327. The standard InChI is InChI=1S/C11H11BrClNO/c12-11-2-1-9(13)5-8(11)6-14-4-3-10(15)7-14/h1-2,5H,3-4,6-7H2. The van der Waals surface area contributed by atoms with Crippen LogP contribution in [0.1, 0.15) is 12.0 Å². The van der Waals surface area contributed by atoms with Gasteiger partial charge in [-0.05, 0) is 23.8 Å². The van der Waals surface area contributed by atoms with Crippen molar-refractivity contribution in [1.82, 2.24) is 4.90 Å². The zero-order valence-corrected chi connectivity index (χ0v) is 10.5. The first kappa shape index (κ1) is 11.1. The summed E-state index contributed by atoms with van der Waals surface area (Å²) < 4.78 is 1.05. The van der Waals surface area contributed by atoms with E-state index in [4.69, 9.17) is 11.6 Å². The average Bonchev–Trinajstić information content (AvgIpc) is 2.58. The predicted octanol–water partition coefficient (Wildman–Crippen LogP) is 2.88. The van der Waals surface area contributed by atoms with E-state index in [1.54, 1.807) is 0 Å². The van der Waals surface area contributed by atoms with Gasteiger partial charge in [-0.25, -0.2) is 0 Å². The van der Waals surface area contributed by atoms with E-state index in [9.17, 15) is 4.79 Å². The van der Waals surface area contributed by atoms with Crippen molar-refractivity contribution in [2.75, 3.05) is 13.1 Å². The molecule has 4 heteroatoms. The van der Waals surface area contributed by atoms with Gasteiger partial charge in [0.1, 0.15) is 5.78 Å². The SMILES string of the molecule is O=C1CCN(Cc2cc(Cl)ccc2Br)C1. The third-order valence-corrected chi connectivity index (χ3v) is 3.52. The maximum atomic E-state index is 11.1. The van der Waals surface area contributed by atoms with Crippen LogP contribution in [0.25, 0.3) is 0 Å². The van der Waals surface area contributed by atoms with Gasteiger partial charge >= 0.3 is 0 Å². The summed E-state index contributed by atoms with van der Waals surface area (Å²) in [4.78, 5) is 13.3. The van der Waals surface area contributed by atoms with Crippen molar-refractivity contribution in [3.8, 4) is 0 Å². The largest absolute Gasteiger partial charge is 0.298 e. The molecule has 1 fully saturated rings. The minimum Gasteiger partial charge on any atom is -0.298 e. The molecule has 0 radical (unpaired) electrons. The first-order chi connectivity index (χ1) is 7.15. The molecular weight excluding hydrogens is 277 g/mol. The van der Waals surface area contributed by atoms with Gasteiger partial charge in [0, 0.05) is 29.0 Å². The van der Waals surface area contributed by atoms with E-state index >= 15 is 0 Å². The second-order valence-electron chi connectivity index (χ2n) is 3.74. The van der Waals surface area contributed by atoms with Crippen LogP contribution in [0.3, 0.4) is 0 Å². The van der Waals surface area contributed by atoms with Gasteiger partial charge in [-0.15, -0.1) is 0 Å². The third kappa shape index (κ3) is 2.80. The molecular formula is C11H11BrClNO. The van der Waals surface area contributed by atoms with Gasteiger partial charge in [0.05, 0.1) is 6.54 Å². The first-order valence-corrected chi connectivity index (χ1v) is 6.00. The molecule has 1 saturated heterocycles. The summed E-state index contributed by atoms with van der Waals surface area (Å²) >= 11 is 9.41. The van der Waals surface area contributed by atoms with Crippen LogP contribution in [0.15, 0.2) is 22.7 Å². The average molecular weight is 289 g/mol. The molecule has 0 saturated carbocycles. The minimum absolute atomic E-state index is 0.327. The molecule has 0 aliphatic carbocycles. The molecule has 15 heavy (non-hydrogen) atoms. The molecule has 1 heterocycles. The molecule has 0 bridgehead atoms. The fraction of sp³-hybridized carbons (Fsp3) is 0.364. The number of hydrogen-bond donors (Lipinski definition) is 0. The van der Waals surface area contributed by atoms with Gasteiger partial charge in [0.25, 0.3) is 0 Å². The molecule has 0 atom stereocenters. The molecule has 1 aromatic carbocycles. The number of Topliss-reactive ketones (excluding diaryl/α,β-unsaturated/α-hetero) is 1. The van der Waals surface area contributed by atoms with Crippen molar-refractivity contribution in [3.63, 3.8) is 0 Å². The van der Waals surface area contributed by atoms with Crippen molar-refractivity contribution < 1.29 is 4.79 Å². The zero-order chi connectivity index (χ0) is 10.8. The van der Waals surface area contributed by atoms with Crippen LogP contribution in [-0.2, 0) is 11.3 Å². The van der Waals surface area contributed by atoms with Crippen molar-refractivity contribution >= 4 is 33.3 Å². The summed E-state index contributed by atoms with van der Waals surface area (Å²) in [6.45, 7) is 2.21. The van der Waals surface area contributed by atoms with Gasteiger partial charge < -0.3 is 0 Å². The van der Waals surface area contributed by atoms with E-state index in [0.29, 0.717) is 18.7 Å². The Morgan fingerprint density at radius 1 is 1.47 bits per heavy atom. The molecule has 0 unspecified atom stereocenters. The Balaban J connectivity index is 2.10. The summed E-state index contributed by atoms with van der Waals surface area (Å²) in [5.41, 5.74) is 1.14. The number of carbonyl (C=O) groups excluding carboxylic acids is 1. The van der Waals surface area contributed by atoms with Crippen molar-refractivity contribution in [1.29, 1.82) is 0 Å². The van der Waals surface area contributed by atoms with Gasteiger partial charge in [0.15, 0.2) is 0 Å². The smallest absolute Gasteiger partial charge is 0.148 e. The van der Waals surface area contributed by atoms with Gasteiger partial charge in [-0.3, -0.25) is 9.69 Å². The van der Waals surface area contributed by atoms with Crippen LogP contribution in [-0.4, -0.2) is 23.8 Å². The van der Waals surface area contributed by atoms with Crippen LogP contribution in [0.4, 0.5) is 0 Å². The van der Waals surface area contributed by atoms with Crippen molar-refractivity contribution in [2.24, 2.45) is 0 Å². The topological polar surface area (TPSA) is 20.3 Å². The Bertz CT molecular complexity index is 394. The van der Waals surface area contributed by atoms with Crippen molar-refractivity contribution in [2.45, 2.75) is 13.0 Å². The number of halogens is 2. The second kappa shape index (κ2) is 4.64. The minimum atomic E-state index is 0.327. The number of ketones is 1. The van der Waals surface area contributed by atoms with Gasteiger partial charge in [-0.2, -0.15) is 0 Å². The summed E-state index contributed by atoms with van der Waals surface area (Å²) in [6.07, 6.45) is 0.679. The van der Waals surface area contributed by atoms with E-state index in [1.165, 1.54) is 0 Å². The predicted molar refractivity (Wildman–Crippen MR) is 64.1 cm³/mol. The molecule has 2 nitrogen and oxygen atoms in total. The number of nitrogens with zero attached hydrogens (tertiary/aromatic N) is 1. The third-order valence-electron chi connectivity index (χ3n) is 2.51. The Hall–Kier alpha value is -0.380. The fourth-order valence-corrected chi connectivity index (χ4v) is 2.30. The molecule has 2 rings (SSSR count). The lowest BCUT2D eigenvalue weighted by Crippen LogP contribution is -2.20. The number of benzene rings is 1. The Labute approximate surface area is 102 Å². The highest BCUT2D eigenvalue weighted by Crippen LogP contribution is 2.23. The number of carbonyl (C=O) groups is 1. The molecule has 1 aliphatic rings. The lowest BCUT2D eigenvalue weighted by molar-refractivity contribution is -0.116. The highest BCUT2D eigenvalue weighted by Gasteiger charge is 2.19. The van der Waals surface area contributed by atoms with Crippen LogP contribution in [0, 0.1) is 0 Å². The lowest BCUT2D eigenvalue weighted by Gasteiger charge is -2.14. The quantitative estimate of drug-likeness (QED) is 0.834. The van der Waals surface area contributed by atoms with Crippen LogP contribution in [0.5, 0.6) is 0 Å². The Kier molecular flexibility index (Phi) is 3.44. The summed E-state index contributed by atoms with van der Waals surface area (Å²) in [5, 5.41) is 0.735. The van der Waals surface area contributed by atoms with E-state index in [1.807, 2.05) is 18.2 Å². The molecule has 0 N–H and O–H groups in total. The van der Waals surface area contributed by atoms with E-state index < -0.39 is 0 Å². The Morgan fingerprint density at radius 2 is 2.27 bits per heavy atom. The first-order valence-electron chi connectivity index (χ1n) is 4.83. The van der Waals surface area contributed by atoms with E-state index in [-0.39, 0.29) is 0 Å². The fourth-order valence-electron chi connectivity index (χ4n) is 1.73. The highest BCUT2D eigenvalue weighted by molar-refractivity contribution is 9.10. The molecule has 1 aliphatic heterocycles. The molecule has 0 spiro atoms.